The smallest absolute Gasteiger partial charge is 0.381 e. The Labute approximate surface area is 121 Å². The van der Waals surface area contributed by atoms with Crippen LogP contribution in [0.4, 0.5) is 13.2 Å². The van der Waals surface area contributed by atoms with Gasteiger partial charge in [0, 0.05) is 0 Å². The third-order valence-electron chi connectivity index (χ3n) is 3.43. The van der Waals surface area contributed by atoms with E-state index in [2.05, 4.69) is 0 Å². The fourth-order valence-electron chi connectivity index (χ4n) is 2.49. The van der Waals surface area contributed by atoms with Crippen LogP contribution in [0.15, 0.2) is 30.3 Å². The van der Waals surface area contributed by atoms with Crippen LogP contribution in [0.1, 0.15) is 25.8 Å². The first kappa shape index (κ1) is 16.3. The zero-order valence-corrected chi connectivity index (χ0v) is 11.9. The van der Waals surface area contributed by atoms with E-state index in [4.69, 9.17) is 9.47 Å². The molecule has 1 heterocycles. The fourth-order valence-corrected chi connectivity index (χ4v) is 2.49. The van der Waals surface area contributed by atoms with Crippen molar-refractivity contribution in [3.63, 3.8) is 0 Å². The van der Waals surface area contributed by atoms with Crippen molar-refractivity contribution in [2.45, 2.75) is 57.0 Å². The number of aliphatic hydroxyl groups excluding tert-OH is 1. The predicted octanol–water partition coefficient (Wildman–Crippen LogP) is 3.06. The average molecular weight is 304 g/mol. The van der Waals surface area contributed by atoms with Gasteiger partial charge in [-0.3, -0.25) is 0 Å². The first-order chi connectivity index (χ1) is 9.69. The van der Waals surface area contributed by atoms with Crippen LogP contribution in [0.2, 0.25) is 0 Å². The Bertz CT molecular complexity index is 459. The molecule has 1 aromatic carbocycles. The van der Waals surface area contributed by atoms with Gasteiger partial charge in [-0.25, -0.2) is 0 Å². The Morgan fingerprint density at radius 3 is 2.38 bits per heavy atom. The van der Waals surface area contributed by atoms with Gasteiger partial charge in [0.2, 0.25) is 0 Å². The van der Waals surface area contributed by atoms with E-state index in [0.29, 0.717) is 12.8 Å². The van der Waals surface area contributed by atoms with E-state index >= 15 is 0 Å². The van der Waals surface area contributed by atoms with Crippen LogP contribution in [0, 0.1) is 0 Å². The third kappa shape index (κ3) is 4.18. The molecule has 2 rings (SSSR count). The summed E-state index contributed by atoms with van der Waals surface area (Å²) in [4.78, 5) is 0. The molecule has 0 amide bonds. The maximum absolute atomic E-state index is 12.7. The van der Waals surface area contributed by atoms with E-state index in [1.807, 2.05) is 30.3 Å². The Morgan fingerprint density at radius 2 is 1.81 bits per heavy atom. The topological polar surface area (TPSA) is 38.7 Å². The van der Waals surface area contributed by atoms with Gasteiger partial charge in [0.1, 0.15) is 6.10 Å². The zero-order chi connectivity index (χ0) is 15.7. The van der Waals surface area contributed by atoms with E-state index in [9.17, 15) is 18.3 Å². The summed E-state index contributed by atoms with van der Waals surface area (Å²) in [6.07, 6.45) is -8.54. The van der Waals surface area contributed by atoms with Gasteiger partial charge >= 0.3 is 6.18 Å². The third-order valence-corrected chi connectivity index (χ3v) is 3.43. The molecule has 0 saturated carbocycles. The number of aliphatic hydroxyl groups is 1. The summed E-state index contributed by atoms with van der Waals surface area (Å²) >= 11 is 0. The number of alkyl halides is 3. The minimum atomic E-state index is -4.72. The highest BCUT2D eigenvalue weighted by atomic mass is 19.4. The highest BCUT2D eigenvalue weighted by Gasteiger charge is 2.53. The molecule has 0 radical (unpaired) electrons. The number of ether oxygens (including phenoxy) is 2. The number of halogens is 3. The number of rotatable bonds is 4. The molecule has 6 heteroatoms. The van der Waals surface area contributed by atoms with Crippen molar-refractivity contribution in [2.24, 2.45) is 0 Å². The molecule has 118 valence electrons. The fraction of sp³-hybridized carbons (Fsp3) is 0.600. The summed E-state index contributed by atoms with van der Waals surface area (Å²) < 4.78 is 48.9. The molecule has 0 aromatic heterocycles. The van der Waals surface area contributed by atoms with Crippen molar-refractivity contribution in [3.8, 4) is 0 Å². The van der Waals surface area contributed by atoms with Crippen LogP contribution in [0.3, 0.4) is 0 Å². The van der Waals surface area contributed by atoms with Crippen LogP contribution < -0.4 is 0 Å². The van der Waals surface area contributed by atoms with Gasteiger partial charge in [-0.1, -0.05) is 30.3 Å². The summed E-state index contributed by atoms with van der Waals surface area (Å²) in [5.41, 5.74) is 1.01. The molecule has 0 spiro atoms. The number of aryl methyl sites for hydroxylation is 1. The van der Waals surface area contributed by atoms with Gasteiger partial charge < -0.3 is 14.6 Å². The quantitative estimate of drug-likeness (QED) is 0.929. The van der Waals surface area contributed by atoms with E-state index in [1.165, 1.54) is 0 Å². The summed E-state index contributed by atoms with van der Waals surface area (Å²) in [6.45, 7) is 3.09. The number of benzene rings is 1. The second kappa shape index (κ2) is 5.94. The van der Waals surface area contributed by atoms with Crippen LogP contribution in [0.5, 0.6) is 0 Å². The largest absolute Gasteiger partial charge is 0.417 e. The van der Waals surface area contributed by atoms with Crippen LogP contribution >= 0.6 is 0 Å². The van der Waals surface area contributed by atoms with Gasteiger partial charge in [-0.2, -0.15) is 13.2 Å². The summed E-state index contributed by atoms with van der Waals surface area (Å²) in [5, 5.41) is 9.46. The van der Waals surface area contributed by atoms with E-state index in [0.717, 1.165) is 5.56 Å². The van der Waals surface area contributed by atoms with Crippen molar-refractivity contribution in [3.05, 3.63) is 35.9 Å². The molecule has 1 aromatic rings. The van der Waals surface area contributed by atoms with Gasteiger partial charge in [0.15, 0.2) is 11.9 Å². The first-order valence-corrected chi connectivity index (χ1v) is 6.83. The average Bonchev–Trinajstić information content (AvgIpc) is 2.71. The molecule has 3 atom stereocenters. The predicted molar refractivity (Wildman–Crippen MR) is 70.6 cm³/mol. The van der Waals surface area contributed by atoms with E-state index < -0.39 is 30.3 Å². The molecule has 0 aliphatic carbocycles. The normalized spacial score (nSPS) is 26.8. The van der Waals surface area contributed by atoms with Crippen molar-refractivity contribution in [1.82, 2.24) is 0 Å². The molecule has 1 saturated heterocycles. The number of hydrogen-bond donors (Lipinski definition) is 1. The maximum Gasteiger partial charge on any atom is 0.417 e. The molecule has 3 nitrogen and oxygen atoms in total. The van der Waals surface area contributed by atoms with Crippen LogP contribution in [-0.4, -0.2) is 35.4 Å². The summed E-state index contributed by atoms with van der Waals surface area (Å²) in [5.74, 6) is -1.13. The lowest BCUT2D eigenvalue weighted by molar-refractivity contribution is -0.242. The Balaban J connectivity index is 2.05. The maximum atomic E-state index is 12.7. The zero-order valence-electron chi connectivity index (χ0n) is 11.9. The van der Waals surface area contributed by atoms with Crippen molar-refractivity contribution in [1.29, 1.82) is 0 Å². The van der Waals surface area contributed by atoms with E-state index in [1.54, 1.807) is 13.8 Å². The first-order valence-electron chi connectivity index (χ1n) is 6.83. The minimum Gasteiger partial charge on any atom is -0.381 e. The Morgan fingerprint density at radius 1 is 1.19 bits per heavy atom. The van der Waals surface area contributed by atoms with Gasteiger partial charge in [-0.05, 0) is 32.3 Å². The molecule has 21 heavy (non-hydrogen) atoms. The van der Waals surface area contributed by atoms with Crippen LogP contribution in [0.25, 0.3) is 0 Å². The molecule has 0 bridgehead atoms. The molecule has 1 fully saturated rings. The van der Waals surface area contributed by atoms with Crippen molar-refractivity contribution >= 4 is 0 Å². The second-order valence-corrected chi connectivity index (χ2v) is 5.65. The lowest BCUT2D eigenvalue weighted by atomic mass is 10.0. The minimum absolute atomic E-state index is 0.352. The lowest BCUT2D eigenvalue weighted by Gasteiger charge is -2.24. The molecular formula is C15H19F3O3. The molecular weight excluding hydrogens is 285 g/mol. The standard InChI is InChI=1S/C15H19F3O3/c1-14(2)20-11(9-8-10-6-4-3-5-7-10)12(21-14)13(19)15(16,17)18/h3-7,11-13,19H,8-9H2,1-2H3/t11-,12-,13-/m0/s1. The highest BCUT2D eigenvalue weighted by Crippen LogP contribution is 2.36. The molecule has 1 aliphatic heterocycles. The molecule has 1 N–H and O–H groups in total. The Kier molecular flexibility index (Phi) is 4.60. The van der Waals surface area contributed by atoms with Gasteiger partial charge in [0.05, 0.1) is 6.10 Å². The number of hydrogen-bond acceptors (Lipinski definition) is 3. The van der Waals surface area contributed by atoms with Gasteiger partial charge in [-0.15, -0.1) is 0 Å². The monoisotopic (exact) mass is 304 g/mol. The SMILES string of the molecule is CC1(C)O[C@H]([C@H](O)C(F)(F)F)[C@H](CCc2ccccc2)O1. The Hall–Kier alpha value is -1.11. The molecule has 0 unspecified atom stereocenters. The summed E-state index contributed by atoms with van der Waals surface area (Å²) in [6, 6.07) is 9.41. The molecule has 1 aliphatic rings. The van der Waals surface area contributed by atoms with Gasteiger partial charge in [0.25, 0.3) is 0 Å². The lowest BCUT2D eigenvalue weighted by Crippen LogP contribution is -2.45. The summed E-state index contributed by atoms with van der Waals surface area (Å²) in [7, 11) is 0. The van der Waals surface area contributed by atoms with Crippen molar-refractivity contribution < 1.29 is 27.8 Å². The second-order valence-electron chi connectivity index (χ2n) is 5.65. The van der Waals surface area contributed by atoms with Crippen LogP contribution in [-0.2, 0) is 15.9 Å². The highest BCUT2D eigenvalue weighted by molar-refractivity contribution is 5.15. The van der Waals surface area contributed by atoms with Crippen molar-refractivity contribution in [2.75, 3.05) is 0 Å². The van der Waals surface area contributed by atoms with E-state index in [-0.39, 0.29) is 0 Å².